The van der Waals surface area contributed by atoms with Crippen LogP contribution >= 0.6 is 0 Å². The van der Waals surface area contributed by atoms with Gasteiger partial charge in [0.2, 0.25) is 0 Å². The van der Waals surface area contributed by atoms with Gasteiger partial charge in [0.1, 0.15) is 55.2 Å². The van der Waals surface area contributed by atoms with Crippen LogP contribution in [0.4, 0.5) is 46.5 Å². The highest BCUT2D eigenvalue weighted by atomic mass is 16.5. The number of hydrogen-bond donors (Lipinski definition) is 15. The molecule has 1 aliphatic heterocycles. The van der Waals surface area contributed by atoms with Gasteiger partial charge in [-0.1, -0.05) is 37.5 Å². The van der Waals surface area contributed by atoms with E-state index in [4.69, 9.17) is 50.6 Å². The third-order valence-corrected chi connectivity index (χ3v) is 20.8. The van der Waals surface area contributed by atoms with Crippen LogP contribution in [0.3, 0.4) is 0 Å². The van der Waals surface area contributed by atoms with Crippen LogP contribution in [0.1, 0.15) is 149 Å². The van der Waals surface area contributed by atoms with Crippen molar-refractivity contribution >= 4 is 123 Å². The van der Waals surface area contributed by atoms with Crippen LogP contribution in [-0.4, -0.2) is 116 Å². The van der Waals surface area contributed by atoms with Crippen LogP contribution in [0.25, 0.3) is 82.0 Å². The van der Waals surface area contributed by atoms with E-state index in [0.717, 1.165) is 102 Å². The summed E-state index contributed by atoms with van der Waals surface area (Å²) < 4.78 is 17.4. The number of aromatic amines is 7. The van der Waals surface area contributed by atoms with Crippen molar-refractivity contribution in [2.24, 2.45) is 0 Å². The molecule has 1 aromatic carbocycles. The number of ether oxygens (including phenoxy) is 1. The molecule has 1 atom stereocenters. The van der Waals surface area contributed by atoms with Crippen molar-refractivity contribution in [2.75, 3.05) is 52.5 Å². The first kappa shape index (κ1) is 80.5. The Bertz CT molecular complexity index is 6580. The second-order valence-corrected chi connectivity index (χ2v) is 29.2. The minimum absolute atomic E-state index is 0.00171. The fourth-order valence-electron chi connectivity index (χ4n) is 15.1. The zero-order valence-electron chi connectivity index (χ0n) is 65.9. The lowest BCUT2D eigenvalue weighted by Gasteiger charge is -2.16. The molecule has 3 aliphatic rings. The number of hydrogen-bond acceptors (Lipinski definition) is 24. The van der Waals surface area contributed by atoms with Crippen molar-refractivity contribution in [1.82, 2.24) is 103 Å². The highest BCUT2D eigenvalue weighted by Crippen LogP contribution is 2.36. The Kier molecular flexibility index (Phi) is 23.2. The van der Waals surface area contributed by atoms with Crippen molar-refractivity contribution < 1.29 is 4.74 Å². The Morgan fingerprint density at radius 3 is 1.23 bits per heavy atom. The Morgan fingerprint density at radius 1 is 0.443 bits per heavy atom. The van der Waals surface area contributed by atoms with Gasteiger partial charge in [0.05, 0.1) is 57.0 Å². The van der Waals surface area contributed by atoms with E-state index in [9.17, 15) is 38.8 Å². The lowest BCUT2D eigenvalue weighted by atomic mass is 10.1. The number of aryl methyl sites for hydroxylation is 7. The molecule has 14 aromatic heterocycles. The van der Waals surface area contributed by atoms with Crippen LogP contribution in [0.2, 0.25) is 0 Å². The number of benzene rings is 1. The molecule has 115 heavy (non-hydrogen) atoms. The Hall–Kier alpha value is -14.0. The van der Waals surface area contributed by atoms with Crippen LogP contribution in [0, 0.1) is 59.8 Å². The van der Waals surface area contributed by atoms with E-state index in [1.54, 1.807) is 30.4 Å². The van der Waals surface area contributed by atoms with Gasteiger partial charge >= 0.3 is 0 Å². The van der Waals surface area contributed by atoms with Crippen molar-refractivity contribution in [3.05, 3.63) is 178 Å². The molecule has 38 nitrogen and oxygen atoms in total. The van der Waals surface area contributed by atoms with Crippen LogP contribution in [0.5, 0.6) is 0 Å². The molecule has 3 fully saturated rings. The number of aromatic nitrogens is 21. The molecular weight excluding hydrogens is 1470 g/mol. The standard InChI is InChI=1S/C14H12N6O.C12H16N4O2.C12H16N4O.C10H12N4O.2C10H14N4O.C9H12N4O/c1-7-2-4-8(5-3-7)20-13(17)9(6-15)11-10(14(20)21)12(16)19-18-11;1-7-5-9-10(11(13)15-14-9)12(17)16(7)6-8-3-2-4-18-8;1-7-6-9-10(11(13)15-14-9)12(17)16(7)8-4-2-3-5-8;1-5-4-7-8(9(11)13-12-7)10(15)14(5)6-2-3-6;1-5(2)14-6(3)4-7-8(10(14)15)9(11)13-12-7;1-3-4-14-6(2)5-7-8(10(14)15)9(11)13-12-7;1-3-13-5(2)4-6-7(9(13)14)8(10)12-11-6/h2-5H,17H2,1H3,(H3,16,18,19);5,8H,2-4,6H2,1H3,(H3,13,14,15);6,8H,2-5H2,1H3,(H3,13,14,15);4,6H,2-3H2,1H3,(H3,11,12,13);4-5H,1-3H3,(H3,11,12,13);5H,3-4H2,1-2H3,(H3,11,12,13);4H,3H2,1-2H3,(H3,10,11,12). The van der Waals surface area contributed by atoms with E-state index in [1.807, 2.05) is 140 Å². The average molecular weight is 1570 g/mol. The lowest BCUT2D eigenvalue weighted by Crippen LogP contribution is -2.28. The largest absolute Gasteiger partial charge is 0.384 e. The Balaban J connectivity index is 0.000000124. The van der Waals surface area contributed by atoms with Crippen LogP contribution in [-0.2, 0) is 24.4 Å². The number of nitrogens with two attached hydrogens (primary N) is 8. The van der Waals surface area contributed by atoms with Crippen molar-refractivity contribution in [3.8, 4) is 11.8 Å². The second kappa shape index (κ2) is 33.1. The quantitative estimate of drug-likeness (QED) is 0.0669. The van der Waals surface area contributed by atoms with Crippen molar-refractivity contribution in [2.45, 2.75) is 178 Å². The maximum atomic E-state index is 12.6. The Labute approximate surface area is 653 Å². The summed E-state index contributed by atoms with van der Waals surface area (Å²) in [5.74, 6) is 1.78. The normalized spacial score (nSPS) is 13.9. The van der Waals surface area contributed by atoms with Crippen LogP contribution < -0.4 is 84.8 Å². The number of nitriles is 1. The molecule has 15 aromatic rings. The maximum absolute atomic E-state index is 12.6. The predicted octanol–water partition coefficient (Wildman–Crippen LogP) is 7.39. The van der Waals surface area contributed by atoms with Gasteiger partial charge in [-0.05, 0) is 163 Å². The zero-order valence-corrected chi connectivity index (χ0v) is 65.9. The molecular formula is C77H96N30O8. The van der Waals surface area contributed by atoms with Gasteiger partial charge in [-0.25, -0.2) is 0 Å². The molecule has 38 heteroatoms. The van der Waals surface area contributed by atoms with E-state index in [1.165, 1.54) is 17.4 Å². The topological polar surface area (TPSA) is 596 Å². The molecule has 1 unspecified atom stereocenters. The van der Waals surface area contributed by atoms with E-state index in [-0.39, 0.29) is 96.9 Å². The molecule has 0 radical (unpaired) electrons. The monoisotopic (exact) mass is 1570 g/mol. The SMILES string of the molecule is CCCn1c(C)cc2[nH]nc(N)c2c1=O.CCn1c(C)cc2[nH]nc(N)c2c1=O.Cc1cc2[nH]nc(N)c2c(=O)n1C(C)C.Cc1cc2[nH]nc(N)c2c(=O)n1C1CC1.Cc1cc2[nH]nc(N)c2c(=O)n1C1CCCC1.Cc1cc2[nH]nc(N)c2c(=O)n1CC1CCCO1.Cc1ccc(-n2c(N)c(C#N)c3[nH]nc(N)c3c2=O)cc1. The van der Waals surface area contributed by atoms with Gasteiger partial charge in [0.15, 0.2) is 40.7 Å². The predicted molar refractivity (Wildman–Crippen MR) is 448 cm³/mol. The molecule has 0 bridgehead atoms. The molecule has 18 rings (SSSR count). The van der Waals surface area contributed by atoms with Crippen LogP contribution in [0.15, 0.2) is 94.2 Å². The number of nitrogens with zero attached hydrogens (tertiary/aromatic N) is 15. The number of anilines is 8. The molecule has 2 saturated carbocycles. The third-order valence-electron chi connectivity index (χ3n) is 20.8. The third kappa shape index (κ3) is 15.7. The first-order valence-electron chi connectivity index (χ1n) is 37.7. The number of fused-ring (bicyclic) bond motifs is 7. The summed E-state index contributed by atoms with van der Waals surface area (Å²) in [6.45, 7) is 24.1. The van der Waals surface area contributed by atoms with E-state index < -0.39 is 5.56 Å². The highest BCUT2D eigenvalue weighted by Gasteiger charge is 2.29. The van der Waals surface area contributed by atoms with E-state index in [0.29, 0.717) is 103 Å². The summed E-state index contributed by atoms with van der Waals surface area (Å²) in [5.41, 5.74) is 56.9. The molecule has 0 spiro atoms. The summed E-state index contributed by atoms with van der Waals surface area (Å²) in [7, 11) is 0. The Morgan fingerprint density at radius 2 is 0.817 bits per heavy atom. The molecule has 602 valence electrons. The molecule has 15 heterocycles. The summed E-state index contributed by atoms with van der Waals surface area (Å²) >= 11 is 0. The molecule has 2 aliphatic carbocycles. The first-order valence-corrected chi connectivity index (χ1v) is 37.7. The summed E-state index contributed by atoms with van der Waals surface area (Å²) in [4.78, 5) is 85.6. The van der Waals surface area contributed by atoms with Crippen molar-refractivity contribution in [1.29, 1.82) is 5.26 Å². The summed E-state index contributed by atoms with van der Waals surface area (Å²) in [6, 6.07) is 21.5. The molecule has 23 N–H and O–H groups in total. The van der Waals surface area contributed by atoms with Gasteiger partial charge < -0.3 is 78.0 Å². The van der Waals surface area contributed by atoms with Gasteiger partial charge in [-0.15, -0.1) is 0 Å². The van der Waals surface area contributed by atoms with E-state index >= 15 is 0 Å². The number of nitrogen functional groups attached to an aromatic ring is 8. The number of pyridine rings is 7. The van der Waals surface area contributed by atoms with Gasteiger partial charge in [-0.3, -0.25) is 73.8 Å². The van der Waals surface area contributed by atoms with Gasteiger partial charge in [0, 0.05) is 72.0 Å². The molecule has 1 saturated heterocycles. The average Bonchev–Trinajstić information content (AvgIpc) is 1.69. The maximum Gasteiger partial charge on any atom is 0.270 e. The van der Waals surface area contributed by atoms with Gasteiger partial charge in [-0.2, -0.15) is 41.0 Å². The molecule has 0 amide bonds. The highest BCUT2D eigenvalue weighted by molar-refractivity contribution is 5.95. The number of nitrogens with one attached hydrogen (secondary N) is 7. The van der Waals surface area contributed by atoms with E-state index in [2.05, 4.69) is 71.4 Å². The zero-order chi connectivity index (χ0) is 82.9. The first-order chi connectivity index (χ1) is 54.9. The fraction of sp³-hybridized carbons (Fsp3) is 0.364. The lowest BCUT2D eigenvalue weighted by molar-refractivity contribution is 0.0958. The minimum atomic E-state index is -0.406. The summed E-state index contributed by atoms with van der Waals surface area (Å²) in [5, 5.41) is 58.5. The minimum Gasteiger partial charge on any atom is -0.384 e. The second-order valence-electron chi connectivity index (χ2n) is 29.2. The summed E-state index contributed by atoms with van der Waals surface area (Å²) in [6.07, 6.45) is 9.88. The number of rotatable bonds is 9. The number of H-pyrrole nitrogens is 7. The fourth-order valence-corrected chi connectivity index (χ4v) is 15.1. The van der Waals surface area contributed by atoms with Gasteiger partial charge in [0.25, 0.3) is 38.9 Å². The van der Waals surface area contributed by atoms with Crippen molar-refractivity contribution in [3.63, 3.8) is 0 Å². The smallest absolute Gasteiger partial charge is 0.270 e.